The number of nitrogens with zero attached hydrogens (tertiary/aromatic N) is 1. The molecule has 0 saturated heterocycles. The molecule has 4 nitrogen and oxygen atoms in total. The molecular weight excluding hydrogens is 334 g/mol. The van der Waals surface area contributed by atoms with Gasteiger partial charge in [0.1, 0.15) is 0 Å². The lowest BCUT2D eigenvalue weighted by Gasteiger charge is -2.56. The van der Waals surface area contributed by atoms with Gasteiger partial charge in [0, 0.05) is 24.0 Å². The first kappa shape index (κ1) is 16.9. The molecule has 2 N–H and O–H groups in total. The van der Waals surface area contributed by atoms with E-state index in [-0.39, 0.29) is 11.6 Å². The summed E-state index contributed by atoms with van der Waals surface area (Å²) in [6.07, 6.45) is 9.85. The second-order valence-corrected chi connectivity index (χ2v) is 9.12. The fourth-order valence-electron chi connectivity index (χ4n) is 6.26. The van der Waals surface area contributed by atoms with E-state index in [0.717, 1.165) is 30.0 Å². The van der Waals surface area contributed by atoms with Gasteiger partial charge in [-0.15, -0.1) is 0 Å². The van der Waals surface area contributed by atoms with Gasteiger partial charge in [0.25, 0.3) is 0 Å². The number of rotatable bonds is 5. The Balaban J connectivity index is 1.19. The number of hydrogen-bond donors (Lipinski definition) is 2. The zero-order valence-corrected chi connectivity index (χ0v) is 15.9. The topological polar surface area (TPSA) is 46.1 Å². The second kappa shape index (κ2) is 6.74. The van der Waals surface area contributed by atoms with Crippen LogP contribution >= 0.6 is 0 Å². The maximum Gasteiger partial charge on any atom is 0.315 e. The lowest BCUT2D eigenvalue weighted by atomic mass is 9.53. The highest BCUT2D eigenvalue weighted by Crippen LogP contribution is 2.55. The van der Waals surface area contributed by atoms with E-state index in [1.54, 1.807) is 0 Å². The number of hydrogen-bond acceptors (Lipinski definition) is 1. The molecule has 6 rings (SSSR count). The number of aromatic nitrogens is 1. The van der Waals surface area contributed by atoms with Crippen LogP contribution in [0.25, 0.3) is 0 Å². The van der Waals surface area contributed by atoms with Crippen molar-refractivity contribution in [1.29, 1.82) is 0 Å². The minimum Gasteiger partial charge on any atom is -0.345 e. The lowest BCUT2D eigenvalue weighted by molar-refractivity contribution is -0.0135. The van der Waals surface area contributed by atoms with Gasteiger partial charge >= 0.3 is 6.03 Å². The van der Waals surface area contributed by atoms with Crippen molar-refractivity contribution in [2.75, 3.05) is 0 Å². The maximum atomic E-state index is 12.7. The van der Waals surface area contributed by atoms with Gasteiger partial charge in [-0.25, -0.2) is 4.79 Å². The molecular formula is C23H29N3O. The molecule has 1 heterocycles. The van der Waals surface area contributed by atoms with Gasteiger partial charge in [0.2, 0.25) is 0 Å². The predicted octanol–water partition coefficient (Wildman–Crippen LogP) is 4.30. The molecule has 0 radical (unpaired) electrons. The molecule has 0 atom stereocenters. The summed E-state index contributed by atoms with van der Waals surface area (Å²) in [4.78, 5) is 12.7. The van der Waals surface area contributed by atoms with Gasteiger partial charge in [0.05, 0.1) is 6.54 Å². The van der Waals surface area contributed by atoms with E-state index in [1.807, 2.05) is 6.07 Å². The Morgan fingerprint density at radius 3 is 2.30 bits per heavy atom. The Morgan fingerprint density at radius 2 is 1.63 bits per heavy atom. The third kappa shape index (κ3) is 3.50. The quantitative estimate of drug-likeness (QED) is 0.817. The Bertz CT molecular complexity index is 775. The van der Waals surface area contributed by atoms with Crippen LogP contribution in [-0.4, -0.2) is 16.1 Å². The average molecular weight is 364 g/mol. The van der Waals surface area contributed by atoms with E-state index in [1.165, 1.54) is 44.1 Å². The van der Waals surface area contributed by atoms with Crippen LogP contribution in [0.5, 0.6) is 0 Å². The van der Waals surface area contributed by atoms with Crippen LogP contribution in [0, 0.1) is 17.8 Å². The molecule has 0 spiro atoms. The van der Waals surface area contributed by atoms with Crippen molar-refractivity contribution in [2.24, 2.45) is 17.8 Å². The van der Waals surface area contributed by atoms with Crippen LogP contribution in [0.1, 0.15) is 49.8 Å². The minimum absolute atomic E-state index is 0.00408. The van der Waals surface area contributed by atoms with Crippen molar-refractivity contribution in [3.8, 4) is 0 Å². The van der Waals surface area contributed by atoms with Crippen molar-refractivity contribution >= 4 is 6.03 Å². The molecule has 1 aromatic heterocycles. The zero-order chi connectivity index (χ0) is 18.3. The first-order valence-electron chi connectivity index (χ1n) is 10.4. The average Bonchev–Trinajstić information content (AvgIpc) is 3.06. The van der Waals surface area contributed by atoms with E-state index >= 15 is 0 Å². The summed E-state index contributed by atoms with van der Waals surface area (Å²) >= 11 is 0. The minimum atomic E-state index is 0.00408. The third-order valence-corrected chi connectivity index (χ3v) is 6.97. The van der Waals surface area contributed by atoms with Crippen LogP contribution in [-0.2, 0) is 13.1 Å². The van der Waals surface area contributed by atoms with Crippen molar-refractivity contribution in [3.63, 3.8) is 0 Å². The molecule has 1 aromatic carbocycles. The highest BCUT2D eigenvalue weighted by molar-refractivity contribution is 5.74. The monoisotopic (exact) mass is 363 g/mol. The number of benzene rings is 1. The van der Waals surface area contributed by atoms with Crippen LogP contribution in [0.3, 0.4) is 0 Å². The molecule has 4 saturated carbocycles. The summed E-state index contributed by atoms with van der Waals surface area (Å²) in [6, 6.07) is 14.6. The van der Waals surface area contributed by atoms with Gasteiger partial charge in [-0.3, -0.25) is 0 Å². The highest BCUT2D eigenvalue weighted by atomic mass is 16.2. The Labute approximate surface area is 161 Å². The predicted molar refractivity (Wildman–Crippen MR) is 106 cm³/mol. The smallest absolute Gasteiger partial charge is 0.315 e. The largest absolute Gasteiger partial charge is 0.345 e. The molecule has 0 aliphatic heterocycles. The van der Waals surface area contributed by atoms with E-state index in [2.05, 4.69) is 57.8 Å². The van der Waals surface area contributed by atoms with Gasteiger partial charge in [-0.1, -0.05) is 30.3 Å². The van der Waals surface area contributed by atoms with Gasteiger partial charge in [0.15, 0.2) is 0 Å². The van der Waals surface area contributed by atoms with Crippen LogP contribution in [0.2, 0.25) is 0 Å². The van der Waals surface area contributed by atoms with Crippen LogP contribution in [0.4, 0.5) is 4.79 Å². The van der Waals surface area contributed by atoms with Crippen molar-refractivity contribution in [1.82, 2.24) is 15.2 Å². The SMILES string of the molecule is O=C(NCc1cccn1Cc1ccccc1)NC12CC3CC(CC(C3)C1)C2. The molecule has 4 aliphatic carbocycles. The summed E-state index contributed by atoms with van der Waals surface area (Å²) in [5.41, 5.74) is 2.48. The Hall–Kier alpha value is -2.23. The molecule has 27 heavy (non-hydrogen) atoms. The lowest BCUT2D eigenvalue weighted by Crippen LogP contribution is -2.61. The normalized spacial score (nSPS) is 31.0. The van der Waals surface area contributed by atoms with Gasteiger partial charge in [-0.2, -0.15) is 0 Å². The number of urea groups is 1. The van der Waals surface area contributed by atoms with E-state index in [9.17, 15) is 4.79 Å². The fraction of sp³-hybridized carbons (Fsp3) is 0.522. The molecule has 0 unspecified atom stereocenters. The molecule has 4 bridgehead atoms. The van der Waals surface area contributed by atoms with Crippen molar-refractivity contribution in [3.05, 3.63) is 59.9 Å². The highest BCUT2D eigenvalue weighted by Gasteiger charge is 2.51. The van der Waals surface area contributed by atoms with Crippen LogP contribution < -0.4 is 10.6 Å². The number of carbonyl (C=O) groups is 1. The molecule has 4 aliphatic rings. The third-order valence-electron chi connectivity index (χ3n) is 6.97. The van der Waals surface area contributed by atoms with Gasteiger partial charge in [-0.05, 0) is 74.0 Å². The summed E-state index contributed by atoms with van der Waals surface area (Å²) in [5.74, 6) is 2.54. The first-order valence-corrected chi connectivity index (χ1v) is 10.4. The number of amides is 2. The van der Waals surface area contributed by atoms with E-state index < -0.39 is 0 Å². The Kier molecular flexibility index (Phi) is 4.22. The number of nitrogens with one attached hydrogen (secondary N) is 2. The van der Waals surface area contributed by atoms with Crippen LogP contribution in [0.15, 0.2) is 48.7 Å². The molecule has 142 valence electrons. The Morgan fingerprint density at radius 1 is 0.963 bits per heavy atom. The summed E-state index contributed by atoms with van der Waals surface area (Å²) in [7, 11) is 0. The zero-order valence-electron chi connectivity index (χ0n) is 15.9. The second-order valence-electron chi connectivity index (χ2n) is 9.12. The van der Waals surface area contributed by atoms with Crippen molar-refractivity contribution < 1.29 is 4.79 Å². The summed E-state index contributed by atoms with van der Waals surface area (Å²) in [6.45, 7) is 1.40. The molecule has 2 amide bonds. The summed E-state index contributed by atoms with van der Waals surface area (Å²) in [5, 5.41) is 6.51. The summed E-state index contributed by atoms with van der Waals surface area (Å²) < 4.78 is 2.21. The standard InChI is InChI=1S/C23H29N3O/c27-22(25-23-12-18-9-19(13-23)11-20(10-18)14-23)24-15-21-7-4-8-26(21)16-17-5-2-1-3-6-17/h1-8,18-20H,9-16H2,(H2,24,25,27). The van der Waals surface area contributed by atoms with E-state index in [4.69, 9.17) is 0 Å². The van der Waals surface area contributed by atoms with E-state index in [0.29, 0.717) is 6.54 Å². The maximum absolute atomic E-state index is 12.7. The fourth-order valence-corrected chi connectivity index (χ4v) is 6.26. The van der Waals surface area contributed by atoms with Crippen molar-refractivity contribution in [2.45, 2.75) is 57.2 Å². The number of carbonyl (C=O) groups excluding carboxylic acids is 1. The van der Waals surface area contributed by atoms with Gasteiger partial charge < -0.3 is 15.2 Å². The first-order chi connectivity index (χ1) is 13.2. The molecule has 2 aromatic rings. The molecule has 4 heteroatoms. The molecule has 4 fully saturated rings.